The molecule has 0 atom stereocenters. The number of esters is 1. The normalized spacial score (nSPS) is 11.6. The van der Waals surface area contributed by atoms with Gasteiger partial charge < -0.3 is 19.5 Å². The van der Waals surface area contributed by atoms with Gasteiger partial charge in [-0.25, -0.2) is 4.79 Å². The molecule has 1 aromatic carbocycles. The Morgan fingerprint density at radius 2 is 2.13 bits per heavy atom. The summed E-state index contributed by atoms with van der Waals surface area (Å²) >= 11 is 1.22. The van der Waals surface area contributed by atoms with Crippen LogP contribution in [-0.2, 0) is 9.53 Å². The first-order valence-electron chi connectivity index (χ1n) is 6.51. The number of hydrogen-bond donors (Lipinski definition) is 1. The average Bonchev–Trinajstić information content (AvgIpc) is 3.20. The standard InChI is InChI=1S/C15H10N2O5S/c16-6-10-3-4-23-14(10)17-13(18)7-20-15(19)9-1-2-11-12(5-9)22-8-21-11/h1-5H,7-8H2,(H,17,18). The number of benzene rings is 1. The van der Waals surface area contributed by atoms with E-state index < -0.39 is 18.5 Å². The third kappa shape index (κ3) is 3.25. The van der Waals surface area contributed by atoms with Gasteiger partial charge in [0.05, 0.1) is 11.1 Å². The molecule has 3 rings (SSSR count). The van der Waals surface area contributed by atoms with Crippen LogP contribution in [0.2, 0.25) is 0 Å². The van der Waals surface area contributed by atoms with E-state index in [0.717, 1.165) is 0 Å². The van der Waals surface area contributed by atoms with Crippen LogP contribution in [0.5, 0.6) is 11.5 Å². The lowest BCUT2D eigenvalue weighted by molar-refractivity contribution is -0.119. The van der Waals surface area contributed by atoms with Crippen molar-refractivity contribution >= 4 is 28.2 Å². The molecule has 23 heavy (non-hydrogen) atoms. The van der Waals surface area contributed by atoms with Gasteiger partial charge in [-0.2, -0.15) is 5.26 Å². The highest BCUT2D eigenvalue weighted by molar-refractivity contribution is 7.14. The Balaban J connectivity index is 1.56. The third-order valence-corrected chi connectivity index (χ3v) is 3.81. The lowest BCUT2D eigenvalue weighted by atomic mass is 10.2. The van der Waals surface area contributed by atoms with Crippen molar-refractivity contribution < 1.29 is 23.8 Å². The van der Waals surface area contributed by atoms with Crippen molar-refractivity contribution in [3.8, 4) is 17.6 Å². The first-order chi connectivity index (χ1) is 11.2. The molecule has 0 saturated heterocycles. The zero-order chi connectivity index (χ0) is 16.2. The molecule has 0 unspecified atom stereocenters. The predicted molar refractivity (Wildman–Crippen MR) is 80.5 cm³/mol. The van der Waals surface area contributed by atoms with Crippen molar-refractivity contribution in [1.82, 2.24) is 0 Å². The minimum atomic E-state index is -0.648. The number of nitrogens with one attached hydrogen (secondary N) is 1. The number of amides is 1. The molecule has 0 aliphatic carbocycles. The van der Waals surface area contributed by atoms with Gasteiger partial charge in [-0.05, 0) is 29.6 Å². The van der Waals surface area contributed by atoms with Crippen molar-refractivity contribution in [1.29, 1.82) is 5.26 Å². The fourth-order valence-corrected chi connectivity index (χ4v) is 2.65. The maximum Gasteiger partial charge on any atom is 0.338 e. The van der Waals surface area contributed by atoms with Crippen LogP contribution < -0.4 is 14.8 Å². The van der Waals surface area contributed by atoms with Crippen LogP contribution in [0.15, 0.2) is 29.6 Å². The maximum atomic E-state index is 11.9. The molecule has 1 amide bonds. The van der Waals surface area contributed by atoms with E-state index in [1.54, 1.807) is 17.5 Å². The fraction of sp³-hybridized carbons (Fsp3) is 0.133. The van der Waals surface area contributed by atoms with Crippen molar-refractivity contribution in [2.75, 3.05) is 18.7 Å². The predicted octanol–water partition coefficient (Wildman–Crippen LogP) is 2.14. The molecule has 0 spiro atoms. The number of thiophene rings is 1. The lowest BCUT2D eigenvalue weighted by Crippen LogP contribution is -2.20. The first-order valence-corrected chi connectivity index (χ1v) is 7.39. The lowest BCUT2D eigenvalue weighted by Gasteiger charge is -2.06. The zero-order valence-corrected chi connectivity index (χ0v) is 12.5. The molecule has 2 aromatic rings. The average molecular weight is 330 g/mol. The molecular weight excluding hydrogens is 320 g/mol. The van der Waals surface area contributed by atoms with E-state index in [1.165, 1.54) is 23.5 Å². The Hall–Kier alpha value is -3.05. The molecule has 0 radical (unpaired) electrons. The van der Waals surface area contributed by atoms with Crippen LogP contribution >= 0.6 is 11.3 Å². The van der Waals surface area contributed by atoms with E-state index in [1.807, 2.05) is 6.07 Å². The number of fused-ring (bicyclic) bond motifs is 1. The molecule has 1 aromatic heterocycles. The second-order valence-corrected chi connectivity index (χ2v) is 5.38. The number of anilines is 1. The minimum absolute atomic E-state index is 0.109. The van der Waals surface area contributed by atoms with Gasteiger partial charge in [0.15, 0.2) is 18.1 Å². The number of carbonyl (C=O) groups is 2. The monoisotopic (exact) mass is 330 g/mol. The van der Waals surface area contributed by atoms with E-state index in [9.17, 15) is 9.59 Å². The summed E-state index contributed by atoms with van der Waals surface area (Å²) in [5, 5.41) is 13.5. The molecule has 116 valence electrons. The van der Waals surface area contributed by atoms with Crippen LogP contribution in [0.25, 0.3) is 0 Å². The van der Waals surface area contributed by atoms with Gasteiger partial charge in [0.1, 0.15) is 11.1 Å². The quantitative estimate of drug-likeness (QED) is 0.863. The van der Waals surface area contributed by atoms with Gasteiger partial charge in [-0.3, -0.25) is 4.79 Å². The maximum absolute atomic E-state index is 11.9. The summed E-state index contributed by atoms with van der Waals surface area (Å²) in [7, 11) is 0. The van der Waals surface area contributed by atoms with Gasteiger partial charge in [0.2, 0.25) is 6.79 Å². The van der Waals surface area contributed by atoms with Crippen molar-refractivity contribution in [3.63, 3.8) is 0 Å². The number of ether oxygens (including phenoxy) is 3. The molecule has 7 nitrogen and oxygen atoms in total. The Labute approximate surface area is 135 Å². The summed E-state index contributed by atoms with van der Waals surface area (Å²) in [6, 6.07) is 8.18. The molecule has 1 aliphatic rings. The van der Waals surface area contributed by atoms with E-state index >= 15 is 0 Å². The van der Waals surface area contributed by atoms with E-state index in [-0.39, 0.29) is 12.4 Å². The van der Waals surface area contributed by atoms with E-state index in [4.69, 9.17) is 19.5 Å². The summed E-state index contributed by atoms with van der Waals surface area (Å²) in [6.07, 6.45) is 0. The zero-order valence-electron chi connectivity index (χ0n) is 11.7. The van der Waals surface area contributed by atoms with Gasteiger partial charge in [0.25, 0.3) is 5.91 Å². The van der Waals surface area contributed by atoms with Crippen LogP contribution in [0.3, 0.4) is 0 Å². The summed E-state index contributed by atoms with van der Waals surface area (Å²) in [5.74, 6) is -0.148. The molecule has 2 heterocycles. The summed E-state index contributed by atoms with van der Waals surface area (Å²) in [6.45, 7) is -0.339. The highest BCUT2D eigenvalue weighted by Crippen LogP contribution is 2.32. The molecule has 1 N–H and O–H groups in total. The molecule has 0 saturated carbocycles. The van der Waals surface area contributed by atoms with E-state index in [2.05, 4.69) is 5.32 Å². The topological polar surface area (TPSA) is 97.7 Å². The van der Waals surface area contributed by atoms with Gasteiger partial charge >= 0.3 is 5.97 Å². The number of rotatable bonds is 4. The number of nitriles is 1. The smallest absolute Gasteiger partial charge is 0.338 e. The molecule has 1 aliphatic heterocycles. The van der Waals surface area contributed by atoms with E-state index in [0.29, 0.717) is 22.1 Å². The van der Waals surface area contributed by atoms with Gasteiger partial charge in [-0.1, -0.05) is 0 Å². The summed E-state index contributed by atoms with van der Waals surface area (Å²) < 4.78 is 15.3. The Morgan fingerprint density at radius 1 is 1.30 bits per heavy atom. The van der Waals surface area contributed by atoms with Crippen molar-refractivity contribution in [2.24, 2.45) is 0 Å². The van der Waals surface area contributed by atoms with Gasteiger partial charge in [-0.15, -0.1) is 11.3 Å². The third-order valence-electron chi connectivity index (χ3n) is 2.98. The first kappa shape index (κ1) is 14.9. The number of carbonyl (C=O) groups excluding carboxylic acids is 2. The minimum Gasteiger partial charge on any atom is -0.454 e. The van der Waals surface area contributed by atoms with Crippen LogP contribution in [0, 0.1) is 11.3 Å². The second-order valence-electron chi connectivity index (χ2n) is 4.47. The van der Waals surface area contributed by atoms with Crippen LogP contribution in [0.4, 0.5) is 5.00 Å². The highest BCUT2D eigenvalue weighted by atomic mass is 32.1. The van der Waals surface area contributed by atoms with Crippen LogP contribution in [0.1, 0.15) is 15.9 Å². The molecule has 8 heteroatoms. The van der Waals surface area contributed by atoms with Gasteiger partial charge in [0, 0.05) is 0 Å². The van der Waals surface area contributed by atoms with Crippen molar-refractivity contribution in [2.45, 2.75) is 0 Å². The SMILES string of the molecule is N#Cc1ccsc1NC(=O)COC(=O)c1ccc2c(c1)OCO2. The number of nitrogens with zero attached hydrogens (tertiary/aromatic N) is 1. The molecule has 0 fully saturated rings. The number of hydrogen-bond acceptors (Lipinski definition) is 7. The summed E-state index contributed by atoms with van der Waals surface area (Å²) in [4.78, 5) is 23.7. The van der Waals surface area contributed by atoms with Crippen molar-refractivity contribution in [3.05, 3.63) is 40.8 Å². The fourth-order valence-electron chi connectivity index (χ4n) is 1.89. The highest BCUT2D eigenvalue weighted by Gasteiger charge is 2.18. The second kappa shape index (κ2) is 6.37. The molecule has 0 bridgehead atoms. The Morgan fingerprint density at radius 3 is 2.96 bits per heavy atom. The van der Waals surface area contributed by atoms with Crippen LogP contribution in [-0.4, -0.2) is 25.3 Å². The Bertz CT molecular complexity index is 808. The summed E-state index contributed by atoms with van der Waals surface area (Å²) in [5.41, 5.74) is 0.626. The largest absolute Gasteiger partial charge is 0.454 e. The molecular formula is C15H10N2O5S. The Kier molecular flexibility index (Phi) is 4.12.